The smallest absolute Gasteiger partial charge is 0.212 e. The number of hydrogen-bond acceptors (Lipinski definition) is 2. The second-order valence-electron chi connectivity index (χ2n) is 5.65. The van der Waals surface area contributed by atoms with Crippen molar-refractivity contribution in [2.75, 3.05) is 0 Å². The molecule has 0 amide bonds. The molecule has 3 nitrogen and oxygen atoms in total. The average Bonchev–Trinajstić information content (AvgIpc) is 2.36. The molecular weight excluding hydrogens is 357 g/mol. The van der Waals surface area contributed by atoms with Gasteiger partial charge in [-0.1, -0.05) is 54.1 Å². The monoisotopic (exact) mass is 377 g/mol. The quantitative estimate of drug-likeness (QED) is 0.857. The molecule has 1 N–H and O–H groups in total. The van der Waals surface area contributed by atoms with E-state index in [1.807, 2.05) is 0 Å². The molecule has 0 atom stereocenters. The molecule has 0 radical (unpaired) electrons. The van der Waals surface area contributed by atoms with Crippen LogP contribution < -0.4 is 4.72 Å². The fourth-order valence-electron chi connectivity index (χ4n) is 2.71. The number of nitrogens with one attached hydrogen (secondary N) is 1. The molecule has 1 aliphatic rings. The van der Waals surface area contributed by atoms with E-state index in [4.69, 9.17) is 0 Å². The maximum absolute atomic E-state index is 13.8. The lowest BCUT2D eigenvalue weighted by Gasteiger charge is -2.21. The minimum absolute atomic E-state index is 0.00573. The van der Waals surface area contributed by atoms with Crippen molar-refractivity contribution < 1.29 is 12.8 Å². The van der Waals surface area contributed by atoms with E-state index < -0.39 is 15.8 Å². The van der Waals surface area contributed by atoms with E-state index in [0.29, 0.717) is 4.47 Å². The molecular formula is C15H21BrFNO2S. The van der Waals surface area contributed by atoms with Gasteiger partial charge in [-0.25, -0.2) is 17.5 Å². The third kappa shape index (κ3) is 5.68. The van der Waals surface area contributed by atoms with Gasteiger partial charge in [0.15, 0.2) is 0 Å². The summed E-state index contributed by atoms with van der Waals surface area (Å²) in [7, 11) is -3.50. The first-order valence-electron chi connectivity index (χ1n) is 7.40. The number of hydrogen-bond donors (Lipinski definition) is 1. The van der Waals surface area contributed by atoms with Crippen LogP contribution in [0.5, 0.6) is 0 Å². The molecule has 6 heteroatoms. The van der Waals surface area contributed by atoms with Crippen molar-refractivity contribution in [2.45, 2.75) is 56.7 Å². The molecule has 1 aliphatic carbocycles. The molecule has 21 heavy (non-hydrogen) atoms. The molecule has 0 bridgehead atoms. The number of rotatable bonds is 4. The van der Waals surface area contributed by atoms with E-state index in [1.54, 1.807) is 6.07 Å². The molecule has 0 heterocycles. The summed E-state index contributed by atoms with van der Waals surface area (Å²) < 4.78 is 41.5. The highest BCUT2D eigenvalue weighted by Crippen LogP contribution is 2.20. The Morgan fingerprint density at radius 1 is 1.14 bits per heavy atom. The van der Waals surface area contributed by atoms with Crippen LogP contribution in [0, 0.1) is 5.82 Å². The van der Waals surface area contributed by atoms with Crippen LogP contribution in [-0.2, 0) is 15.8 Å². The first-order valence-corrected chi connectivity index (χ1v) is 9.85. The van der Waals surface area contributed by atoms with E-state index in [1.165, 1.54) is 31.4 Å². The molecule has 0 unspecified atom stereocenters. The van der Waals surface area contributed by atoms with E-state index >= 15 is 0 Å². The van der Waals surface area contributed by atoms with Gasteiger partial charge < -0.3 is 0 Å². The van der Waals surface area contributed by atoms with E-state index in [9.17, 15) is 12.8 Å². The van der Waals surface area contributed by atoms with Gasteiger partial charge in [0.1, 0.15) is 5.82 Å². The molecule has 1 fully saturated rings. The summed E-state index contributed by atoms with van der Waals surface area (Å²) in [5.41, 5.74) is 0.205. The van der Waals surface area contributed by atoms with Crippen LogP contribution in [0.4, 0.5) is 4.39 Å². The zero-order valence-electron chi connectivity index (χ0n) is 11.9. The van der Waals surface area contributed by atoms with E-state index in [-0.39, 0.29) is 17.4 Å². The first kappa shape index (κ1) is 16.9. The molecule has 0 spiro atoms. The highest BCUT2D eigenvalue weighted by Gasteiger charge is 2.20. The topological polar surface area (TPSA) is 46.2 Å². The van der Waals surface area contributed by atoms with Crippen LogP contribution in [0.1, 0.15) is 50.5 Å². The Morgan fingerprint density at radius 2 is 1.76 bits per heavy atom. The van der Waals surface area contributed by atoms with Gasteiger partial charge in [-0.3, -0.25) is 0 Å². The first-order chi connectivity index (χ1) is 9.96. The van der Waals surface area contributed by atoms with E-state index in [0.717, 1.165) is 25.7 Å². The van der Waals surface area contributed by atoms with Crippen molar-refractivity contribution >= 4 is 26.0 Å². The van der Waals surface area contributed by atoms with Gasteiger partial charge in [0.2, 0.25) is 10.0 Å². The Labute approximate surface area is 134 Å². The zero-order valence-corrected chi connectivity index (χ0v) is 14.3. The van der Waals surface area contributed by atoms with Crippen LogP contribution in [0.25, 0.3) is 0 Å². The van der Waals surface area contributed by atoms with Crippen molar-refractivity contribution in [3.8, 4) is 0 Å². The Hall–Kier alpha value is -0.460. The fourth-order valence-corrected chi connectivity index (χ4v) is 4.52. The van der Waals surface area contributed by atoms with Crippen LogP contribution in [0.3, 0.4) is 0 Å². The predicted octanol–water partition coefficient (Wildman–Crippen LogP) is 4.12. The zero-order chi connectivity index (χ0) is 15.3. The van der Waals surface area contributed by atoms with Crippen molar-refractivity contribution in [3.63, 3.8) is 0 Å². The minimum Gasteiger partial charge on any atom is -0.212 e. The molecule has 1 saturated carbocycles. The maximum Gasteiger partial charge on any atom is 0.216 e. The summed E-state index contributed by atoms with van der Waals surface area (Å²) in [6.07, 6.45) is 7.44. The van der Waals surface area contributed by atoms with Gasteiger partial charge in [-0.15, -0.1) is 0 Å². The number of benzene rings is 1. The van der Waals surface area contributed by atoms with Crippen molar-refractivity contribution in [3.05, 3.63) is 34.1 Å². The van der Waals surface area contributed by atoms with Gasteiger partial charge >= 0.3 is 0 Å². The van der Waals surface area contributed by atoms with Gasteiger partial charge in [-0.2, -0.15) is 0 Å². The largest absolute Gasteiger partial charge is 0.216 e. The van der Waals surface area contributed by atoms with Gasteiger partial charge in [0.05, 0.1) is 5.75 Å². The predicted molar refractivity (Wildman–Crippen MR) is 86.0 cm³/mol. The lowest BCUT2D eigenvalue weighted by Crippen LogP contribution is -2.36. The highest BCUT2D eigenvalue weighted by molar-refractivity contribution is 9.10. The molecule has 0 saturated heterocycles. The van der Waals surface area contributed by atoms with Crippen molar-refractivity contribution in [1.29, 1.82) is 0 Å². The van der Waals surface area contributed by atoms with Crippen LogP contribution in [0.2, 0.25) is 0 Å². The average molecular weight is 378 g/mol. The fraction of sp³-hybridized carbons (Fsp3) is 0.600. The summed E-state index contributed by atoms with van der Waals surface area (Å²) in [5.74, 6) is -0.796. The molecule has 0 aliphatic heterocycles. The normalized spacial score (nSPS) is 18.2. The number of halogens is 2. The second kappa shape index (κ2) is 7.70. The third-order valence-electron chi connectivity index (χ3n) is 3.81. The van der Waals surface area contributed by atoms with Gasteiger partial charge in [-0.05, 0) is 25.0 Å². The molecule has 1 aromatic rings. The number of sulfonamides is 1. The summed E-state index contributed by atoms with van der Waals surface area (Å²) in [5, 5.41) is 0. The summed E-state index contributed by atoms with van der Waals surface area (Å²) in [6, 6.07) is 4.45. The van der Waals surface area contributed by atoms with Gasteiger partial charge in [0.25, 0.3) is 0 Å². The van der Waals surface area contributed by atoms with Gasteiger partial charge in [0, 0.05) is 16.1 Å². The Bertz CT molecular complexity index is 569. The Morgan fingerprint density at radius 3 is 2.38 bits per heavy atom. The Kier molecular flexibility index (Phi) is 6.20. The SMILES string of the molecule is O=S(=O)(Cc1ccc(Br)cc1F)NC1CCCCCCC1. The molecule has 1 aromatic carbocycles. The minimum atomic E-state index is -3.50. The maximum atomic E-state index is 13.8. The van der Waals surface area contributed by atoms with Crippen LogP contribution >= 0.6 is 15.9 Å². The summed E-state index contributed by atoms with van der Waals surface area (Å²) in [6.45, 7) is 0. The van der Waals surface area contributed by atoms with Crippen LogP contribution in [0.15, 0.2) is 22.7 Å². The lowest BCUT2D eigenvalue weighted by molar-refractivity contribution is 0.426. The standard InChI is InChI=1S/C15H21BrFNO2S/c16-13-9-8-12(15(17)10-13)11-21(19,20)18-14-6-4-2-1-3-5-7-14/h8-10,14,18H,1-7,11H2. The summed E-state index contributed by atoms with van der Waals surface area (Å²) >= 11 is 3.17. The Balaban J connectivity index is 2.00. The third-order valence-corrected chi connectivity index (χ3v) is 5.69. The second-order valence-corrected chi connectivity index (χ2v) is 8.32. The highest BCUT2D eigenvalue weighted by atomic mass is 79.9. The summed E-state index contributed by atoms with van der Waals surface area (Å²) in [4.78, 5) is 0. The van der Waals surface area contributed by atoms with Crippen molar-refractivity contribution in [2.24, 2.45) is 0 Å². The van der Waals surface area contributed by atoms with E-state index in [2.05, 4.69) is 20.7 Å². The molecule has 2 rings (SSSR count). The molecule has 118 valence electrons. The van der Waals surface area contributed by atoms with Crippen LogP contribution in [-0.4, -0.2) is 14.5 Å². The molecule has 0 aromatic heterocycles. The van der Waals surface area contributed by atoms with Crippen molar-refractivity contribution in [1.82, 2.24) is 4.72 Å². The lowest BCUT2D eigenvalue weighted by atomic mass is 9.97.